The van der Waals surface area contributed by atoms with Crippen molar-refractivity contribution in [2.45, 2.75) is 24.9 Å². The molecule has 0 atom stereocenters. The molecule has 7 nitrogen and oxygen atoms in total. The molecule has 0 aliphatic carbocycles. The van der Waals surface area contributed by atoms with E-state index in [1.165, 1.54) is 0 Å². The number of carbonyl (C=O) groups is 3. The standard InChI is InChI=1S/C16H22O7/c1-4-13(17)21-10-7-16(20,8-11-22-14(18)5-2)9-12-23-15(19)6-3/h4-6,20H,1-3,7-12H2. The van der Waals surface area contributed by atoms with Crippen LogP contribution in [0.1, 0.15) is 19.3 Å². The molecule has 0 aliphatic heterocycles. The summed E-state index contributed by atoms with van der Waals surface area (Å²) in [7, 11) is 0. The van der Waals surface area contributed by atoms with Gasteiger partial charge in [0.05, 0.1) is 25.4 Å². The number of carbonyl (C=O) groups excluding carboxylic acids is 3. The van der Waals surface area contributed by atoms with Gasteiger partial charge in [0.25, 0.3) is 0 Å². The zero-order valence-electron chi connectivity index (χ0n) is 13.0. The first-order valence-electron chi connectivity index (χ1n) is 6.97. The van der Waals surface area contributed by atoms with Crippen LogP contribution in [0.4, 0.5) is 0 Å². The van der Waals surface area contributed by atoms with Gasteiger partial charge < -0.3 is 19.3 Å². The maximum Gasteiger partial charge on any atom is 0.330 e. The van der Waals surface area contributed by atoms with Gasteiger partial charge in [0.1, 0.15) is 0 Å². The minimum Gasteiger partial charge on any atom is -0.462 e. The summed E-state index contributed by atoms with van der Waals surface area (Å²) >= 11 is 0. The molecule has 23 heavy (non-hydrogen) atoms. The fourth-order valence-corrected chi connectivity index (χ4v) is 1.58. The van der Waals surface area contributed by atoms with Crippen LogP contribution in [0.3, 0.4) is 0 Å². The highest BCUT2D eigenvalue weighted by Crippen LogP contribution is 2.21. The SMILES string of the molecule is C=CC(=O)OCCC(O)(CCOC(=O)C=C)CCOC(=O)C=C. The van der Waals surface area contributed by atoms with E-state index in [4.69, 9.17) is 14.2 Å². The third-order valence-electron chi connectivity index (χ3n) is 2.94. The normalized spacial score (nSPS) is 10.3. The van der Waals surface area contributed by atoms with E-state index in [0.29, 0.717) is 0 Å². The molecule has 0 aromatic rings. The predicted molar refractivity (Wildman–Crippen MR) is 82.3 cm³/mol. The first-order valence-corrected chi connectivity index (χ1v) is 6.97. The van der Waals surface area contributed by atoms with E-state index in [-0.39, 0.29) is 39.1 Å². The average molecular weight is 326 g/mol. The van der Waals surface area contributed by atoms with Gasteiger partial charge in [-0.2, -0.15) is 0 Å². The number of esters is 3. The molecule has 0 amide bonds. The summed E-state index contributed by atoms with van der Waals surface area (Å²) < 4.78 is 14.5. The molecule has 0 fully saturated rings. The maximum atomic E-state index is 11.0. The summed E-state index contributed by atoms with van der Waals surface area (Å²) in [5.41, 5.74) is -1.33. The van der Waals surface area contributed by atoms with E-state index in [1.54, 1.807) is 0 Å². The summed E-state index contributed by atoms with van der Waals surface area (Å²) in [5, 5.41) is 10.5. The lowest BCUT2D eigenvalue weighted by atomic mass is 9.93. The Labute approximate surface area is 135 Å². The molecule has 0 aliphatic rings. The third-order valence-corrected chi connectivity index (χ3v) is 2.94. The fraction of sp³-hybridized carbons (Fsp3) is 0.438. The second kappa shape index (κ2) is 11.2. The van der Waals surface area contributed by atoms with Crippen LogP contribution in [0.5, 0.6) is 0 Å². The van der Waals surface area contributed by atoms with Crippen molar-refractivity contribution in [2.75, 3.05) is 19.8 Å². The molecular weight excluding hydrogens is 304 g/mol. The molecule has 7 heteroatoms. The quantitative estimate of drug-likeness (QED) is 0.325. The Kier molecular flexibility index (Phi) is 10.0. The highest BCUT2D eigenvalue weighted by molar-refractivity contribution is 5.81. The molecule has 0 bridgehead atoms. The first kappa shape index (κ1) is 20.6. The lowest BCUT2D eigenvalue weighted by molar-refractivity contribution is -0.142. The van der Waals surface area contributed by atoms with Gasteiger partial charge in [-0.25, -0.2) is 14.4 Å². The van der Waals surface area contributed by atoms with Gasteiger partial charge in [0, 0.05) is 37.5 Å². The molecule has 0 rings (SSSR count). The molecule has 0 unspecified atom stereocenters. The molecule has 128 valence electrons. The number of hydrogen-bond donors (Lipinski definition) is 1. The van der Waals surface area contributed by atoms with Crippen LogP contribution in [-0.2, 0) is 28.6 Å². The second-order valence-corrected chi connectivity index (χ2v) is 4.59. The summed E-state index contributed by atoms with van der Waals surface area (Å²) in [6, 6.07) is 0. The Morgan fingerprint density at radius 2 is 1.00 bits per heavy atom. The van der Waals surface area contributed by atoms with Crippen LogP contribution < -0.4 is 0 Å². The van der Waals surface area contributed by atoms with Crippen molar-refractivity contribution in [3.63, 3.8) is 0 Å². The Morgan fingerprint density at radius 1 is 0.739 bits per heavy atom. The Morgan fingerprint density at radius 3 is 1.22 bits per heavy atom. The molecule has 1 N–H and O–H groups in total. The molecule has 0 aromatic carbocycles. The van der Waals surface area contributed by atoms with Crippen molar-refractivity contribution in [3.8, 4) is 0 Å². The Bertz CT molecular complexity index is 389. The summed E-state index contributed by atoms with van der Waals surface area (Å²) in [6.45, 7) is 9.64. The van der Waals surface area contributed by atoms with E-state index >= 15 is 0 Å². The fourth-order valence-electron chi connectivity index (χ4n) is 1.58. The number of aliphatic hydroxyl groups is 1. The topological polar surface area (TPSA) is 99.1 Å². The van der Waals surface area contributed by atoms with E-state index in [9.17, 15) is 19.5 Å². The lowest BCUT2D eigenvalue weighted by Gasteiger charge is -2.27. The van der Waals surface area contributed by atoms with Crippen molar-refractivity contribution in [1.29, 1.82) is 0 Å². The van der Waals surface area contributed by atoms with Crippen LogP contribution in [0.15, 0.2) is 38.0 Å². The van der Waals surface area contributed by atoms with Gasteiger partial charge >= 0.3 is 17.9 Å². The van der Waals surface area contributed by atoms with Gasteiger partial charge in [-0.1, -0.05) is 19.7 Å². The Hall–Kier alpha value is -2.41. The van der Waals surface area contributed by atoms with Crippen molar-refractivity contribution in [1.82, 2.24) is 0 Å². The predicted octanol–water partition coefficient (Wildman–Crippen LogP) is 1.08. The summed E-state index contributed by atoms with van der Waals surface area (Å²) in [6.07, 6.45) is 3.29. The number of hydrogen-bond acceptors (Lipinski definition) is 7. The molecule has 0 heterocycles. The Balaban J connectivity index is 4.47. The van der Waals surface area contributed by atoms with Crippen molar-refractivity contribution >= 4 is 17.9 Å². The zero-order valence-corrected chi connectivity index (χ0v) is 13.0. The van der Waals surface area contributed by atoms with Crippen molar-refractivity contribution in [2.24, 2.45) is 0 Å². The maximum absolute atomic E-state index is 11.0. The molecule has 0 saturated heterocycles. The molecule has 0 radical (unpaired) electrons. The minimum atomic E-state index is -1.33. The smallest absolute Gasteiger partial charge is 0.330 e. The molecular formula is C16H22O7. The average Bonchev–Trinajstić information content (AvgIpc) is 2.54. The van der Waals surface area contributed by atoms with Crippen LogP contribution >= 0.6 is 0 Å². The lowest BCUT2D eigenvalue weighted by Crippen LogP contribution is -2.34. The zero-order chi connectivity index (χ0) is 17.7. The van der Waals surface area contributed by atoms with Gasteiger partial charge in [-0.3, -0.25) is 0 Å². The molecule has 0 spiro atoms. The van der Waals surface area contributed by atoms with E-state index in [0.717, 1.165) is 18.2 Å². The number of ether oxygens (including phenoxy) is 3. The van der Waals surface area contributed by atoms with E-state index < -0.39 is 23.5 Å². The van der Waals surface area contributed by atoms with Gasteiger partial charge in [0.2, 0.25) is 0 Å². The minimum absolute atomic E-state index is 0.0494. The van der Waals surface area contributed by atoms with Gasteiger partial charge in [-0.15, -0.1) is 0 Å². The third kappa shape index (κ3) is 10.0. The largest absolute Gasteiger partial charge is 0.462 e. The van der Waals surface area contributed by atoms with Crippen molar-refractivity contribution in [3.05, 3.63) is 38.0 Å². The molecule has 0 saturated carbocycles. The second-order valence-electron chi connectivity index (χ2n) is 4.59. The van der Waals surface area contributed by atoms with Crippen LogP contribution in [0, 0.1) is 0 Å². The molecule has 0 aromatic heterocycles. The monoisotopic (exact) mass is 326 g/mol. The summed E-state index contributed by atoms with van der Waals surface area (Å²) in [4.78, 5) is 33.0. The van der Waals surface area contributed by atoms with Crippen LogP contribution in [0.2, 0.25) is 0 Å². The summed E-state index contributed by atoms with van der Waals surface area (Å²) in [5.74, 6) is -1.82. The highest BCUT2D eigenvalue weighted by Gasteiger charge is 2.28. The van der Waals surface area contributed by atoms with Crippen LogP contribution in [0.25, 0.3) is 0 Å². The van der Waals surface area contributed by atoms with E-state index in [2.05, 4.69) is 19.7 Å². The van der Waals surface area contributed by atoms with Crippen LogP contribution in [-0.4, -0.2) is 48.4 Å². The number of rotatable bonds is 12. The van der Waals surface area contributed by atoms with Gasteiger partial charge in [-0.05, 0) is 0 Å². The van der Waals surface area contributed by atoms with Crippen molar-refractivity contribution < 1.29 is 33.7 Å². The van der Waals surface area contributed by atoms with Gasteiger partial charge in [0.15, 0.2) is 0 Å². The van der Waals surface area contributed by atoms with E-state index in [1.807, 2.05) is 0 Å². The first-order chi connectivity index (χ1) is 10.9. The highest BCUT2D eigenvalue weighted by atomic mass is 16.5.